The molecular formula is C10H21N3O. The van der Waals surface area contributed by atoms with Gasteiger partial charge in [-0.05, 0) is 26.3 Å². The summed E-state index contributed by atoms with van der Waals surface area (Å²) in [5.41, 5.74) is 5.49. The van der Waals surface area contributed by atoms with Crippen LogP contribution in [0.3, 0.4) is 0 Å². The van der Waals surface area contributed by atoms with E-state index < -0.39 is 0 Å². The summed E-state index contributed by atoms with van der Waals surface area (Å²) in [5, 5.41) is 16.7. The molecular weight excluding hydrogens is 178 g/mol. The number of nitrogens with one attached hydrogen (secondary N) is 1. The predicted octanol–water partition coefficient (Wildman–Crippen LogP) is 0.548. The molecule has 1 aliphatic rings. The van der Waals surface area contributed by atoms with E-state index in [1.54, 1.807) is 0 Å². The highest BCUT2D eigenvalue weighted by Gasteiger charge is 2.25. The molecule has 82 valence electrons. The van der Waals surface area contributed by atoms with Crippen LogP contribution in [0.1, 0.15) is 32.6 Å². The first-order valence-electron chi connectivity index (χ1n) is 5.37. The molecule has 4 nitrogen and oxygen atoms in total. The van der Waals surface area contributed by atoms with Crippen LogP contribution in [0.15, 0.2) is 0 Å². The molecule has 0 bridgehead atoms. The normalized spacial score (nSPS) is 26.9. The maximum atomic E-state index is 9.26. The Morgan fingerprint density at radius 2 is 2.29 bits per heavy atom. The Kier molecular flexibility index (Phi) is 4.35. The summed E-state index contributed by atoms with van der Waals surface area (Å²) >= 11 is 0. The Bertz CT molecular complexity index is 196. The summed E-state index contributed by atoms with van der Waals surface area (Å²) in [5.74, 6) is 0.199. The Hall–Kier alpha value is -0.610. The fourth-order valence-corrected chi connectivity index (χ4v) is 2.08. The quantitative estimate of drug-likeness (QED) is 0.459. The van der Waals surface area contributed by atoms with E-state index in [1.165, 1.54) is 12.8 Å². The van der Waals surface area contributed by atoms with Crippen LogP contribution >= 0.6 is 0 Å². The van der Waals surface area contributed by atoms with Crippen molar-refractivity contribution in [1.29, 1.82) is 5.41 Å². The molecule has 14 heavy (non-hydrogen) atoms. The third-order valence-electron chi connectivity index (χ3n) is 3.08. The van der Waals surface area contributed by atoms with Crippen molar-refractivity contribution in [2.24, 2.45) is 5.73 Å². The number of likely N-dealkylation sites (tertiary alicyclic amines) is 1. The fourth-order valence-electron chi connectivity index (χ4n) is 2.08. The van der Waals surface area contributed by atoms with Crippen molar-refractivity contribution in [3.05, 3.63) is 0 Å². The topological polar surface area (TPSA) is 73.3 Å². The van der Waals surface area contributed by atoms with E-state index in [0.717, 1.165) is 19.4 Å². The van der Waals surface area contributed by atoms with Gasteiger partial charge in [0.2, 0.25) is 0 Å². The molecule has 1 fully saturated rings. The molecule has 0 radical (unpaired) electrons. The zero-order valence-electron chi connectivity index (χ0n) is 8.87. The number of rotatable bonds is 3. The molecule has 0 aliphatic carbocycles. The van der Waals surface area contributed by atoms with Crippen LogP contribution in [0.2, 0.25) is 0 Å². The van der Waals surface area contributed by atoms with Crippen molar-refractivity contribution in [2.45, 2.75) is 44.7 Å². The fraction of sp³-hybridized carbons (Fsp3) is 0.900. The Morgan fingerprint density at radius 3 is 2.86 bits per heavy atom. The summed E-state index contributed by atoms with van der Waals surface area (Å²) in [7, 11) is 0. The van der Waals surface area contributed by atoms with Gasteiger partial charge in [0.25, 0.3) is 0 Å². The van der Waals surface area contributed by atoms with Gasteiger partial charge in [-0.2, -0.15) is 0 Å². The molecule has 0 spiro atoms. The van der Waals surface area contributed by atoms with E-state index in [2.05, 4.69) is 4.90 Å². The van der Waals surface area contributed by atoms with Crippen LogP contribution < -0.4 is 5.73 Å². The van der Waals surface area contributed by atoms with Crippen molar-refractivity contribution < 1.29 is 5.11 Å². The van der Waals surface area contributed by atoms with E-state index in [9.17, 15) is 5.11 Å². The number of nitrogens with zero attached hydrogens (tertiary/aromatic N) is 1. The highest BCUT2D eigenvalue weighted by atomic mass is 16.3. The van der Waals surface area contributed by atoms with E-state index >= 15 is 0 Å². The second-order valence-corrected chi connectivity index (χ2v) is 4.05. The molecule has 4 heteroatoms. The number of aliphatic hydroxyl groups is 1. The Labute approximate surface area is 85.6 Å². The summed E-state index contributed by atoms with van der Waals surface area (Å²) < 4.78 is 0. The number of nitrogens with two attached hydrogens (primary N) is 1. The highest BCUT2D eigenvalue weighted by Crippen LogP contribution is 2.18. The van der Waals surface area contributed by atoms with E-state index in [1.807, 2.05) is 6.92 Å². The molecule has 2 unspecified atom stereocenters. The lowest BCUT2D eigenvalue weighted by molar-refractivity contribution is 0.113. The molecule has 0 amide bonds. The first-order valence-corrected chi connectivity index (χ1v) is 5.37. The lowest BCUT2D eigenvalue weighted by Gasteiger charge is -2.33. The Balaban J connectivity index is 2.64. The maximum Gasteiger partial charge on any atom is 0.108 e. The van der Waals surface area contributed by atoms with Gasteiger partial charge >= 0.3 is 0 Å². The van der Waals surface area contributed by atoms with Gasteiger partial charge < -0.3 is 10.8 Å². The van der Waals surface area contributed by atoms with Gasteiger partial charge in [-0.1, -0.05) is 12.8 Å². The third kappa shape index (κ3) is 2.69. The number of hydrogen-bond donors (Lipinski definition) is 3. The van der Waals surface area contributed by atoms with Crippen LogP contribution in [-0.2, 0) is 0 Å². The number of aliphatic hydroxyl groups excluding tert-OH is 1. The number of hydrogen-bond acceptors (Lipinski definition) is 3. The molecule has 0 aromatic carbocycles. The minimum atomic E-state index is -0.0368. The second kappa shape index (κ2) is 5.32. The van der Waals surface area contributed by atoms with Gasteiger partial charge in [0, 0.05) is 6.04 Å². The van der Waals surface area contributed by atoms with Crippen LogP contribution in [0.25, 0.3) is 0 Å². The van der Waals surface area contributed by atoms with E-state index in [4.69, 9.17) is 11.1 Å². The van der Waals surface area contributed by atoms with Crippen molar-refractivity contribution in [1.82, 2.24) is 4.90 Å². The molecule has 1 aliphatic heterocycles. The summed E-state index contributed by atoms with van der Waals surface area (Å²) in [4.78, 5) is 2.16. The van der Waals surface area contributed by atoms with E-state index in [-0.39, 0.29) is 24.5 Å². The predicted molar refractivity (Wildman–Crippen MR) is 57.4 cm³/mol. The molecule has 0 aromatic heterocycles. The summed E-state index contributed by atoms with van der Waals surface area (Å²) in [6.45, 7) is 3.07. The smallest absolute Gasteiger partial charge is 0.108 e. The zero-order chi connectivity index (χ0) is 10.6. The molecule has 4 N–H and O–H groups in total. The molecule has 0 saturated carbocycles. The van der Waals surface area contributed by atoms with Crippen molar-refractivity contribution in [2.75, 3.05) is 13.2 Å². The minimum Gasteiger partial charge on any atom is -0.395 e. The number of amidine groups is 1. The standard InChI is InChI=1S/C10H21N3O/c1-8(10(11)12)13-6-4-2-3-5-9(13)7-14/h8-9,14H,2-7H2,1H3,(H3,11,12). The lowest BCUT2D eigenvalue weighted by atomic mass is 10.1. The van der Waals surface area contributed by atoms with Crippen LogP contribution in [0, 0.1) is 5.41 Å². The first kappa shape index (κ1) is 11.5. The molecule has 1 saturated heterocycles. The minimum absolute atomic E-state index is 0.0368. The average molecular weight is 199 g/mol. The molecule has 2 atom stereocenters. The Morgan fingerprint density at radius 1 is 1.57 bits per heavy atom. The first-order chi connectivity index (χ1) is 6.66. The van der Waals surface area contributed by atoms with Crippen LogP contribution in [-0.4, -0.2) is 41.1 Å². The monoisotopic (exact) mass is 199 g/mol. The van der Waals surface area contributed by atoms with Gasteiger partial charge in [0.15, 0.2) is 0 Å². The SMILES string of the molecule is CC(C(=N)N)N1CCCCCC1CO. The van der Waals surface area contributed by atoms with Crippen molar-refractivity contribution in [3.8, 4) is 0 Å². The molecule has 0 aromatic rings. The largest absolute Gasteiger partial charge is 0.395 e. The maximum absolute atomic E-state index is 9.26. The van der Waals surface area contributed by atoms with Gasteiger partial charge in [0.1, 0.15) is 5.84 Å². The van der Waals surface area contributed by atoms with Crippen LogP contribution in [0.5, 0.6) is 0 Å². The third-order valence-corrected chi connectivity index (χ3v) is 3.08. The van der Waals surface area contributed by atoms with E-state index in [0.29, 0.717) is 0 Å². The molecule has 1 heterocycles. The summed E-state index contributed by atoms with van der Waals surface area (Å²) in [6, 6.07) is 0.154. The van der Waals surface area contributed by atoms with Crippen LogP contribution in [0.4, 0.5) is 0 Å². The van der Waals surface area contributed by atoms with Gasteiger partial charge in [0.05, 0.1) is 12.6 Å². The van der Waals surface area contributed by atoms with Crippen molar-refractivity contribution >= 4 is 5.84 Å². The average Bonchev–Trinajstić information content (AvgIpc) is 2.40. The summed E-state index contributed by atoms with van der Waals surface area (Å²) in [6.07, 6.45) is 4.56. The molecule has 1 rings (SSSR count). The lowest BCUT2D eigenvalue weighted by Crippen LogP contribution is -2.49. The second-order valence-electron chi connectivity index (χ2n) is 4.05. The van der Waals surface area contributed by atoms with Crippen molar-refractivity contribution in [3.63, 3.8) is 0 Å². The zero-order valence-corrected chi connectivity index (χ0v) is 8.87. The van der Waals surface area contributed by atoms with Gasteiger partial charge in [-0.25, -0.2) is 0 Å². The van der Waals surface area contributed by atoms with Gasteiger partial charge in [-0.3, -0.25) is 10.3 Å². The van der Waals surface area contributed by atoms with Gasteiger partial charge in [-0.15, -0.1) is 0 Å². The highest BCUT2D eigenvalue weighted by molar-refractivity contribution is 5.82.